The number of halogens is 1. The lowest BCUT2D eigenvalue weighted by Crippen LogP contribution is -2.20. The molecule has 140 valence electrons. The van der Waals surface area contributed by atoms with E-state index in [0.29, 0.717) is 25.5 Å². The highest BCUT2D eigenvalue weighted by Crippen LogP contribution is 2.27. The van der Waals surface area contributed by atoms with Gasteiger partial charge < -0.3 is 19.5 Å². The number of benzene rings is 2. The molecule has 2 rings (SSSR count). The first-order chi connectivity index (χ1) is 12.5. The van der Waals surface area contributed by atoms with Gasteiger partial charge in [-0.2, -0.15) is 0 Å². The van der Waals surface area contributed by atoms with Gasteiger partial charge in [-0.25, -0.2) is 0 Å². The zero-order chi connectivity index (χ0) is 18.9. The number of nitrogens with one attached hydrogen (secondary N) is 1. The van der Waals surface area contributed by atoms with Crippen LogP contribution in [0.2, 0.25) is 0 Å². The fourth-order valence-electron chi connectivity index (χ4n) is 2.46. The number of hydrogen-bond donors (Lipinski definition) is 1. The number of amides is 1. The van der Waals surface area contributed by atoms with Crippen LogP contribution in [0.15, 0.2) is 40.9 Å². The molecular formula is C20H24BrNO4. The molecule has 0 bridgehead atoms. The highest BCUT2D eigenvalue weighted by molar-refractivity contribution is 9.10. The van der Waals surface area contributed by atoms with Gasteiger partial charge in [0.25, 0.3) is 5.91 Å². The van der Waals surface area contributed by atoms with Gasteiger partial charge in [-0.05, 0) is 68.3 Å². The molecule has 0 aliphatic rings. The van der Waals surface area contributed by atoms with Crippen molar-refractivity contribution < 1.29 is 19.0 Å². The van der Waals surface area contributed by atoms with E-state index in [-0.39, 0.29) is 12.5 Å². The summed E-state index contributed by atoms with van der Waals surface area (Å²) in [4.78, 5) is 12.1. The summed E-state index contributed by atoms with van der Waals surface area (Å²) in [5.41, 5.74) is 2.66. The number of anilines is 1. The Labute approximate surface area is 162 Å². The van der Waals surface area contributed by atoms with E-state index < -0.39 is 0 Å². The lowest BCUT2D eigenvalue weighted by molar-refractivity contribution is -0.118. The van der Waals surface area contributed by atoms with Crippen molar-refractivity contribution in [3.63, 3.8) is 0 Å². The number of ether oxygens (including phenoxy) is 3. The van der Waals surface area contributed by atoms with E-state index in [2.05, 4.69) is 21.2 Å². The summed E-state index contributed by atoms with van der Waals surface area (Å²) in [5, 5.41) is 2.81. The molecule has 1 amide bonds. The summed E-state index contributed by atoms with van der Waals surface area (Å²) >= 11 is 3.45. The minimum absolute atomic E-state index is 0.0457. The summed E-state index contributed by atoms with van der Waals surface area (Å²) < 4.78 is 17.4. The topological polar surface area (TPSA) is 56.8 Å². The van der Waals surface area contributed by atoms with Crippen LogP contribution in [0, 0.1) is 13.8 Å². The van der Waals surface area contributed by atoms with Crippen molar-refractivity contribution in [1.82, 2.24) is 0 Å². The van der Waals surface area contributed by atoms with E-state index >= 15 is 0 Å². The van der Waals surface area contributed by atoms with E-state index in [1.54, 1.807) is 12.1 Å². The van der Waals surface area contributed by atoms with Crippen molar-refractivity contribution in [1.29, 1.82) is 0 Å². The van der Waals surface area contributed by atoms with Gasteiger partial charge in [-0.1, -0.05) is 15.9 Å². The van der Waals surface area contributed by atoms with Crippen molar-refractivity contribution in [3.05, 3.63) is 52.0 Å². The fourth-order valence-corrected chi connectivity index (χ4v) is 3.14. The Morgan fingerprint density at radius 2 is 1.69 bits per heavy atom. The number of carbonyl (C=O) groups excluding carboxylic acids is 1. The number of rotatable bonds is 9. The molecule has 0 aliphatic carbocycles. The van der Waals surface area contributed by atoms with E-state index in [1.807, 2.05) is 45.0 Å². The van der Waals surface area contributed by atoms with Crippen LogP contribution in [-0.2, 0) is 9.53 Å². The summed E-state index contributed by atoms with van der Waals surface area (Å²) in [5.74, 6) is 1.26. The molecule has 0 spiro atoms. The predicted molar refractivity (Wildman–Crippen MR) is 106 cm³/mol. The maximum absolute atomic E-state index is 12.1. The first-order valence-corrected chi connectivity index (χ1v) is 9.29. The Morgan fingerprint density at radius 3 is 2.31 bits per heavy atom. The maximum atomic E-state index is 12.1. The van der Waals surface area contributed by atoms with Crippen LogP contribution in [0.5, 0.6) is 11.5 Å². The second-order valence-electron chi connectivity index (χ2n) is 5.78. The molecule has 0 saturated carbocycles. The van der Waals surface area contributed by atoms with Crippen LogP contribution in [-0.4, -0.2) is 32.3 Å². The second kappa shape index (κ2) is 10.2. The van der Waals surface area contributed by atoms with Crippen LogP contribution in [0.4, 0.5) is 5.69 Å². The van der Waals surface area contributed by atoms with Crippen molar-refractivity contribution in [2.45, 2.75) is 20.8 Å². The first-order valence-electron chi connectivity index (χ1n) is 8.49. The first kappa shape index (κ1) is 20.3. The van der Waals surface area contributed by atoms with Gasteiger partial charge in [-0.15, -0.1) is 0 Å². The third kappa shape index (κ3) is 6.35. The van der Waals surface area contributed by atoms with Gasteiger partial charge in [0.2, 0.25) is 0 Å². The highest BCUT2D eigenvalue weighted by Gasteiger charge is 2.09. The Balaban J connectivity index is 1.82. The van der Waals surface area contributed by atoms with Gasteiger partial charge in [0.1, 0.15) is 18.1 Å². The van der Waals surface area contributed by atoms with Crippen LogP contribution >= 0.6 is 15.9 Å². The lowest BCUT2D eigenvalue weighted by atomic mass is 10.1. The molecular weight excluding hydrogens is 398 g/mol. The number of carbonyl (C=O) groups is 1. The van der Waals surface area contributed by atoms with Gasteiger partial charge in [0.05, 0.1) is 6.61 Å². The zero-order valence-electron chi connectivity index (χ0n) is 15.3. The van der Waals surface area contributed by atoms with Crippen molar-refractivity contribution >= 4 is 27.5 Å². The molecule has 0 aromatic heterocycles. The van der Waals surface area contributed by atoms with E-state index in [0.717, 1.165) is 27.1 Å². The molecule has 0 aliphatic heterocycles. The van der Waals surface area contributed by atoms with Crippen LogP contribution in [0.1, 0.15) is 18.1 Å². The average molecular weight is 422 g/mol. The Morgan fingerprint density at radius 1 is 1.04 bits per heavy atom. The van der Waals surface area contributed by atoms with Crippen molar-refractivity contribution in [3.8, 4) is 11.5 Å². The van der Waals surface area contributed by atoms with E-state index in [4.69, 9.17) is 14.2 Å². The van der Waals surface area contributed by atoms with Gasteiger partial charge >= 0.3 is 0 Å². The summed E-state index contributed by atoms with van der Waals surface area (Å²) in [7, 11) is 0. The summed E-state index contributed by atoms with van der Waals surface area (Å²) in [6.07, 6.45) is 0. The van der Waals surface area contributed by atoms with Crippen LogP contribution < -0.4 is 14.8 Å². The normalized spacial score (nSPS) is 10.5. The largest absolute Gasteiger partial charge is 0.491 e. The predicted octanol–water partition coefficient (Wildman–Crippen LogP) is 4.50. The van der Waals surface area contributed by atoms with Crippen molar-refractivity contribution in [2.24, 2.45) is 0 Å². The quantitative estimate of drug-likeness (QED) is 0.605. The monoisotopic (exact) mass is 421 g/mol. The molecule has 6 heteroatoms. The third-order valence-corrected chi connectivity index (χ3v) is 4.07. The Hall–Kier alpha value is -2.05. The molecule has 0 atom stereocenters. The molecule has 0 saturated heterocycles. The molecule has 0 heterocycles. The van der Waals surface area contributed by atoms with Gasteiger partial charge in [0.15, 0.2) is 6.61 Å². The molecule has 0 fully saturated rings. The molecule has 5 nitrogen and oxygen atoms in total. The highest BCUT2D eigenvalue weighted by atomic mass is 79.9. The Kier molecular flexibility index (Phi) is 7.94. The Bertz CT molecular complexity index is 708. The van der Waals surface area contributed by atoms with E-state index in [9.17, 15) is 4.79 Å². The number of aryl methyl sites for hydroxylation is 2. The van der Waals surface area contributed by atoms with Crippen molar-refractivity contribution in [2.75, 3.05) is 31.7 Å². The molecule has 2 aromatic carbocycles. The molecule has 0 radical (unpaired) electrons. The lowest BCUT2D eigenvalue weighted by Gasteiger charge is -2.13. The second-order valence-corrected chi connectivity index (χ2v) is 6.69. The maximum Gasteiger partial charge on any atom is 0.262 e. The average Bonchev–Trinajstić information content (AvgIpc) is 2.59. The van der Waals surface area contributed by atoms with Gasteiger partial charge in [-0.3, -0.25) is 4.79 Å². The minimum atomic E-state index is -0.211. The zero-order valence-corrected chi connectivity index (χ0v) is 16.9. The smallest absolute Gasteiger partial charge is 0.262 e. The SMILES string of the molecule is CCOCCOc1ccc(NC(=O)COc2c(C)cc(Br)cc2C)cc1. The molecule has 2 aromatic rings. The van der Waals surface area contributed by atoms with E-state index in [1.165, 1.54) is 0 Å². The molecule has 26 heavy (non-hydrogen) atoms. The number of hydrogen-bond acceptors (Lipinski definition) is 4. The van der Waals surface area contributed by atoms with Gasteiger partial charge in [0, 0.05) is 16.8 Å². The van der Waals surface area contributed by atoms with Crippen LogP contribution in [0.25, 0.3) is 0 Å². The molecule has 1 N–H and O–H groups in total. The summed E-state index contributed by atoms with van der Waals surface area (Å²) in [6.45, 7) is 7.54. The molecule has 0 unspecified atom stereocenters. The van der Waals surface area contributed by atoms with Crippen LogP contribution in [0.3, 0.4) is 0 Å². The standard InChI is InChI=1S/C20H24BrNO4/c1-4-24-9-10-25-18-7-5-17(6-8-18)22-19(23)13-26-20-14(2)11-16(21)12-15(20)3/h5-8,11-12H,4,9-10,13H2,1-3H3,(H,22,23). The fraction of sp³-hybridized carbons (Fsp3) is 0.350. The third-order valence-electron chi connectivity index (χ3n) is 3.61. The minimum Gasteiger partial charge on any atom is -0.491 e. The summed E-state index contributed by atoms with van der Waals surface area (Å²) in [6, 6.07) is 11.1.